The first-order chi connectivity index (χ1) is 13.5. The highest BCUT2D eigenvalue weighted by atomic mass is 35.5. The van der Waals surface area contributed by atoms with Crippen LogP contribution in [0.3, 0.4) is 0 Å². The number of carbonyl (C=O) groups excluding carboxylic acids is 1. The molecule has 0 bridgehead atoms. The molecule has 0 aliphatic rings. The van der Waals surface area contributed by atoms with Crippen LogP contribution >= 0.6 is 11.6 Å². The molecule has 1 N–H and O–H groups in total. The van der Waals surface area contributed by atoms with Crippen LogP contribution in [0.25, 0.3) is 16.9 Å². The Balaban J connectivity index is 2.04. The van der Waals surface area contributed by atoms with Crippen molar-refractivity contribution >= 4 is 17.5 Å². The molecule has 0 saturated carbocycles. The highest BCUT2D eigenvalue weighted by molar-refractivity contribution is 6.30. The lowest BCUT2D eigenvalue weighted by Gasteiger charge is -2.13. The zero-order valence-electron chi connectivity index (χ0n) is 16.5. The van der Waals surface area contributed by atoms with Gasteiger partial charge in [-0.15, -0.1) is 0 Å². The molecule has 0 atom stereocenters. The summed E-state index contributed by atoms with van der Waals surface area (Å²) in [6, 6.07) is 17.9. The van der Waals surface area contributed by atoms with E-state index in [9.17, 15) is 4.79 Å². The molecule has 0 spiro atoms. The molecule has 5 heteroatoms. The molecule has 0 fully saturated rings. The minimum atomic E-state index is -0.0739. The Labute approximate surface area is 171 Å². The first-order valence-corrected chi connectivity index (χ1v) is 9.71. The van der Waals surface area contributed by atoms with E-state index < -0.39 is 0 Å². The average Bonchev–Trinajstić information content (AvgIpc) is 3.03. The Morgan fingerprint density at radius 1 is 1.11 bits per heavy atom. The van der Waals surface area contributed by atoms with Crippen LogP contribution in [0.2, 0.25) is 5.02 Å². The largest absolute Gasteiger partial charge is 0.385 e. The lowest BCUT2D eigenvalue weighted by molar-refractivity contribution is 0.0948. The predicted molar refractivity (Wildman–Crippen MR) is 115 cm³/mol. The number of benzene rings is 2. The highest BCUT2D eigenvalue weighted by Gasteiger charge is 2.19. The van der Waals surface area contributed by atoms with Gasteiger partial charge in [0.05, 0.1) is 11.3 Å². The Kier molecular flexibility index (Phi) is 6.55. The number of carbonyl (C=O) groups is 1. The van der Waals surface area contributed by atoms with Gasteiger partial charge in [-0.3, -0.25) is 4.79 Å². The summed E-state index contributed by atoms with van der Waals surface area (Å²) in [7, 11) is 1.66. The Morgan fingerprint density at radius 2 is 1.86 bits per heavy atom. The number of hydrogen-bond acceptors (Lipinski definition) is 2. The van der Waals surface area contributed by atoms with Crippen molar-refractivity contribution in [2.24, 2.45) is 0 Å². The monoisotopic (exact) mass is 396 g/mol. The van der Waals surface area contributed by atoms with Crippen LogP contribution in [0.15, 0.2) is 54.6 Å². The molecule has 1 aromatic heterocycles. The van der Waals surface area contributed by atoms with Crippen molar-refractivity contribution in [2.75, 3.05) is 20.3 Å². The maximum Gasteiger partial charge on any atom is 0.253 e. The van der Waals surface area contributed by atoms with Gasteiger partial charge in [0.2, 0.25) is 0 Å². The fourth-order valence-electron chi connectivity index (χ4n) is 3.28. The van der Waals surface area contributed by atoms with E-state index in [0.29, 0.717) is 23.7 Å². The van der Waals surface area contributed by atoms with Gasteiger partial charge in [0.25, 0.3) is 5.91 Å². The van der Waals surface area contributed by atoms with Crippen LogP contribution in [-0.4, -0.2) is 30.7 Å². The van der Waals surface area contributed by atoms with Gasteiger partial charge in [0.1, 0.15) is 0 Å². The van der Waals surface area contributed by atoms with Crippen LogP contribution < -0.4 is 5.32 Å². The van der Waals surface area contributed by atoms with Crippen molar-refractivity contribution in [1.82, 2.24) is 9.88 Å². The minimum absolute atomic E-state index is 0.0739. The third-order valence-electron chi connectivity index (χ3n) is 4.70. The molecular formula is C23H25ClN2O2. The van der Waals surface area contributed by atoms with E-state index in [4.69, 9.17) is 16.3 Å². The molecule has 1 amide bonds. The first kappa shape index (κ1) is 20.2. The summed E-state index contributed by atoms with van der Waals surface area (Å²) in [5.74, 6) is -0.0739. The standard InChI is InChI=1S/C23H25ClN2O2/c1-16-6-4-7-20(14-16)26-17(2)21(23(27)25-12-5-13-28-3)15-22(26)18-8-10-19(24)11-9-18/h4,6-11,14-15H,5,12-13H2,1-3H3,(H,25,27). The summed E-state index contributed by atoms with van der Waals surface area (Å²) in [5, 5.41) is 3.67. The van der Waals surface area contributed by atoms with Crippen molar-refractivity contribution in [3.8, 4) is 16.9 Å². The van der Waals surface area contributed by atoms with E-state index in [2.05, 4.69) is 35.0 Å². The van der Waals surface area contributed by atoms with Gasteiger partial charge in [0, 0.05) is 36.7 Å². The summed E-state index contributed by atoms with van der Waals surface area (Å²) < 4.78 is 7.17. The normalized spacial score (nSPS) is 10.9. The summed E-state index contributed by atoms with van der Waals surface area (Å²) in [6.07, 6.45) is 0.782. The van der Waals surface area contributed by atoms with Crippen LogP contribution in [0.4, 0.5) is 0 Å². The number of aromatic nitrogens is 1. The molecule has 4 nitrogen and oxygen atoms in total. The summed E-state index contributed by atoms with van der Waals surface area (Å²) in [6.45, 7) is 5.25. The summed E-state index contributed by atoms with van der Waals surface area (Å²) in [5.41, 5.74) is 5.73. The second kappa shape index (κ2) is 9.09. The molecule has 0 aliphatic heterocycles. The van der Waals surface area contributed by atoms with E-state index >= 15 is 0 Å². The molecule has 0 radical (unpaired) electrons. The molecule has 0 aliphatic carbocycles. The van der Waals surface area contributed by atoms with Gasteiger partial charge < -0.3 is 14.6 Å². The fourth-order valence-corrected chi connectivity index (χ4v) is 3.41. The quantitative estimate of drug-likeness (QED) is 0.559. The lowest BCUT2D eigenvalue weighted by Crippen LogP contribution is -2.25. The fraction of sp³-hybridized carbons (Fsp3) is 0.261. The summed E-state index contributed by atoms with van der Waals surface area (Å²) in [4.78, 5) is 12.8. The van der Waals surface area contributed by atoms with Gasteiger partial charge in [-0.25, -0.2) is 0 Å². The van der Waals surface area contributed by atoms with Gasteiger partial charge in [-0.2, -0.15) is 0 Å². The number of amides is 1. The average molecular weight is 397 g/mol. The molecule has 0 unspecified atom stereocenters. The van der Waals surface area contributed by atoms with Gasteiger partial charge in [-0.1, -0.05) is 35.9 Å². The lowest BCUT2D eigenvalue weighted by atomic mass is 10.1. The number of ether oxygens (including phenoxy) is 1. The third-order valence-corrected chi connectivity index (χ3v) is 4.95. The van der Waals surface area contributed by atoms with E-state index in [-0.39, 0.29) is 5.91 Å². The number of nitrogens with zero attached hydrogens (tertiary/aromatic N) is 1. The molecule has 146 valence electrons. The Hall–Kier alpha value is -2.56. The molecular weight excluding hydrogens is 372 g/mol. The SMILES string of the molecule is COCCCNC(=O)c1cc(-c2ccc(Cl)cc2)n(-c2cccc(C)c2)c1C. The second-order valence-corrected chi connectivity index (χ2v) is 7.25. The molecule has 0 saturated heterocycles. The van der Waals surface area contributed by atoms with Crippen molar-refractivity contribution < 1.29 is 9.53 Å². The van der Waals surface area contributed by atoms with Crippen LogP contribution in [0, 0.1) is 13.8 Å². The number of halogens is 1. The van der Waals surface area contributed by atoms with Gasteiger partial charge >= 0.3 is 0 Å². The maximum absolute atomic E-state index is 12.8. The number of rotatable bonds is 7. The van der Waals surface area contributed by atoms with Crippen molar-refractivity contribution in [3.63, 3.8) is 0 Å². The number of hydrogen-bond donors (Lipinski definition) is 1. The molecule has 28 heavy (non-hydrogen) atoms. The zero-order chi connectivity index (χ0) is 20.1. The van der Waals surface area contributed by atoms with E-state index in [1.54, 1.807) is 7.11 Å². The van der Waals surface area contributed by atoms with Crippen molar-refractivity contribution in [2.45, 2.75) is 20.3 Å². The van der Waals surface area contributed by atoms with Gasteiger partial charge in [0.15, 0.2) is 0 Å². The first-order valence-electron chi connectivity index (χ1n) is 9.33. The Bertz CT molecular complexity index is 961. The minimum Gasteiger partial charge on any atom is -0.385 e. The number of aryl methyl sites for hydroxylation is 1. The van der Waals surface area contributed by atoms with Crippen LogP contribution in [-0.2, 0) is 4.74 Å². The van der Waals surface area contributed by atoms with E-state index in [1.807, 2.05) is 43.3 Å². The zero-order valence-corrected chi connectivity index (χ0v) is 17.2. The van der Waals surface area contributed by atoms with Crippen LogP contribution in [0.5, 0.6) is 0 Å². The summed E-state index contributed by atoms with van der Waals surface area (Å²) >= 11 is 6.07. The second-order valence-electron chi connectivity index (χ2n) is 6.81. The predicted octanol–water partition coefficient (Wildman–Crippen LogP) is 5.18. The smallest absolute Gasteiger partial charge is 0.253 e. The van der Waals surface area contributed by atoms with E-state index in [0.717, 1.165) is 29.1 Å². The molecule has 3 aromatic rings. The van der Waals surface area contributed by atoms with E-state index in [1.165, 1.54) is 5.56 Å². The Morgan fingerprint density at radius 3 is 2.54 bits per heavy atom. The number of nitrogens with one attached hydrogen (secondary N) is 1. The highest BCUT2D eigenvalue weighted by Crippen LogP contribution is 2.30. The van der Waals surface area contributed by atoms with Crippen molar-refractivity contribution in [1.29, 1.82) is 0 Å². The molecule has 1 heterocycles. The molecule has 3 rings (SSSR count). The molecule has 2 aromatic carbocycles. The van der Waals surface area contributed by atoms with Crippen molar-refractivity contribution in [3.05, 3.63) is 76.4 Å². The van der Waals surface area contributed by atoms with Gasteiger partial charge in [-0.05, 0) is 61.7 Å². The number of methoxy groups -OCH3 is 1. The maximum atomic E-state index is 12.8. The third kappa shape index (κ3) is 4.46. The van der Waals surface area contributed by atoms with Crippen LogP contribution in [0.1, 0.15) is 28.0 Å². The topological polar surface area (TPSA) is 43.3 Å².